The summed E-state index contributed by atoms with van der Waals surface area (Å²) in [6, 6.07) is 19.5. The Morgan fingerprint density at radius 2 is 1.14 bits per heavy atom. The second-order valence-electron chi connectivity index (χ2n) is 7.67. The zero-order chi connectivity index (χ0) is 20.5. The van der Waals surface area contributed by atoms with Crippen LogP contribution >= 0.6 is 31.9 Å². The van der Waals surface area contributed by atoms with Crippen molar-refractivity contribution in [3.05, 3.63) is 105 Å². The number of hydrogen-bond acceptors (Lipinski definition) is 0. The maximum absolute atomic E-state index is 7.47. The Hall–Kier alpha value is -1.32. The Morgan fingerprint density at radius 1 is 0.714 bits per heavy atom. The van der Waals surface area contributed by atoms with E-state index in [2.05, 4.69) is 108 Å². The molecule has 3 aromatic carbocycles. The molecule has 0 aliphatic heterocycles. The van der Waals surface area contributed by atoms with E-state index in [4.69, 9.17) is 7.85 Å². The highest BCUT2D eigenvalue weighted by Gasteiger charge is 2.36. The molecular weight excluding hydrogens is 471 g/mol. The minimum absolute atomic E-state index is 0.733. The van der Waals surface area contributed by atoms with Crippen LogP contribution in [0.1, 0.15) is 50.1 Å². The first-order valence-corrected chi connectivity index (χ1v) is 11.7. The predicted octanol–water partition coefficient (Wildman–Crippen LogP) is 7.17. The Labute approximate surface area is 187 Å². The molecule has 142 valence electrons. The summed E-state index contributed by atoms with van der Waals surface area (Å²) < 4.78 is 0. The Balaban J connectivity index is 2.48. The van der Waals surface area contributed by atoms with Gasteiger partial charge in [0.05, 0.1) is 7.85 Å². The van der Waals surface area contributed by atoms with Gasteiger partial charge in [-0.15, -0.1) is 0 Å². The minimum Gasteiger partial charge on any atom is -0.0876 e. The lowest BCUT2D eigenvalue weighted by Gasteiger charge is -2.38. The largest absolute Gasteiger partial charge is 0.0940 e. The van der Waals surface area contributed by atoms with Crippen molar-refractivity contribution in [3.8, 4) is 0 Å². The molecule has 0 amide bonds. The van der Waals surface area contributed by atoms with Crippen LogP contribution in [0.4, 0.5) is 0 Å². The van der Waals surface area contributed by atoms with Gasteiger partial charge in [-0.2, -0.15) is 0 Å². The summed E-state index contributed by atoms with van der Waals surface area (Å²) in [5, 5.41) is 0.805. The molecule has 0 N–H and O–H groups in total. The molecule has 0 unspecified atom stereocenters. The molecule has 3 heteroatoms. The highest BCUT2D eigenvalue weighted by Crippen LogP contribution is 2.44. The molecule has 0 aliphatic carbocycles. The number of hydrogen-bond donors (Lipinski definition) is 0. The minimum atomic E-state index is -0.733. The third-order valence-electron chi connectivity index (χ3n) is 5.43. The van der Waals surface area contributed by atoms with Gasteiger partial charge in [-0.1, -0.05) is 97.6 Å². The number of benzene rings is 3. The summed E-state index contributed by atoms with van der Waals surface area (Å²) >= 11 is 7.43. The molecule has 0 saturated carbocycles. The molecule has 0 spiro atoms. The molecule has 28 heavy (non-hydrogen) atoms. The third kappa shape index (κ3) is 3.76. The van der Waals surface area contributed by atoms with Gasteiger partial charge >= 0.3 is 0 Å². The molecule has 0 bridgehead atoms. The van der Waals surface area contributed by atoms with E-state index in [9.17, 15) is 0 Å². The molecule has 2 radical (unpaired) electrons. The van der Waals surface area contributed by atoms with Gasteiger partial charge in [0.1, 0.15) is 0 Å². The molecule has 0 heterocycles. The Bertz CT molecular complexity index is 934. The number of alkyl halides is 2. The van der Waals surface area contributed by atoms with Crippen LogP contribution in [-0.2, 0) is 16.0 Å². The molecule has 0 aromatic heterocycles. The lowest BCUT2D eigenvalue weighted by atomic mass is 9.53. The van der Waals surface area contributed by atoms with E-state index in [1.54, 1.807) is 0 Å². The van der Waals surface area contributed by atoms with E-state index < -0.39 is 5.31 Å². The zero-order valence-electron chi connectivity index (χ0n) is 16.9. The van der Waals surface area contributed by atoms with Crippen LogP contribution in [0.3, 0.4) is 0 Å². The highest BCUT2D eigenvalue weighted by atomic mass is 79.9. The normalized spacial score (nSPS) is 11.6. The molecule has 3 aromatic rings. The van der Waals surface area contributed by atoms with Crippen molar-refractivity contribution in [2.75, 3.05) is 0 Å². The summed E-state index contributed by atoms with van der Waals surface area (Å²) in [5.41, 5.74) is 10.9. The Morgan fingerprint density at radius 3 is 1.54 bits per heavy atom. The van der Waals surface area contributed by atoms with E-state index in [0.717, 1.165) is 16.2 Å². The SMILES string of the molecule is [B]C(c1ccccc1)(c1c(C)cc(C)cc1CBr)c1c(C)cc(C)cc1CBr. The van der Waals surface area contributed by atoms with Crippen molar-refractivity contribution >= 4 is 39.7 Å². The second-order valence-corrected chi connectivity index (χ2v) is 8.79. The predicted molar refractivity (Wildman–Crippen MR) is 129 cm³/mol. The third-order valence-corrected chi connectivity index (χ3v) is 6.64. The van der Waals surface area contributed by atoms with Crippen LogP contribution in [-0.4, -0.2) is 7.85 Å². The van der Waals surface area contributed by atoms with Crippen LogP contribution in [0.5, 0.6) is 0 Å². The summed E-state index contributed by atoms with van der Waals surface area (Å²) in [7, 11) is 7.47. The van der Waals surface area contributed by atoms with Gasteiger partial charge in [-0.25, -0.2) is 0 Å². The Kier molecular flexibility index (Phi) is 6.56. The van der Waals surface area contributed by atoms with Crippen molar-refractivity contribution < 1.29 is 0 Å². The molecule has 0 aliphatic rings. The second kappa shape index (κ2) is 8.59. The molecular formula is C25H25BBr2. The van der Waals surface area contributed by atoms with Gasteiger partial charge in [0.25, 0.3) is 0 Å². The molecule has 0 fully saturated rings. The van der Waals surface area contributed by atoms with Crippen molar-refractivity contribution in [1.82, 2.24) is 0 Å². The zero-order valence-corrected chi connectivity index (χ0v) is 20.1. The number of halogens is 2. The lowest BCUT2D eigenvalue weighted by molar-refractivity contribution is 0.832. The molecule has 3 rings (SSSR count). The van der Waals surface area contributed by atoms with Crippen LogP contribution < -0.4 is 0 Å². The van der Waals surface area contributed by atoms with Gasteiger partial charge in [0.2, 0.25) is 0 Å². The first kappa shape index (κ1) is 21.4. The first-order valence-electron chi connectivity index (χ1n) is 9.50. The fourth-order valence-corrected chi connectivity index (χ4v) is 5.45. The van der Waals surface area contributed by atoms with Crippen molar-refractivity contribution in [3.63, 3.8) is 0 Å². The van der Waals surface area contributed by atoms with Gasteiger partial charge < -0.3 is 0 Å². The fraction of sp³-hybridized carbons (Fsp3) is 0.280. The van der Waals surface area contributed by atoms with Crippen LogP contribution in [0.25, 0.3) is 0 Å². The van der Waals surface area contributed by atoms with Gasteiger partial charge in [-0.05, 0) is 66.6 Å². The van der Waals surface area contributed by atoms with Crippen LogP contribution in [0, 0.1) is 27.7 Å². The fourth-order valence-electron chi connectivity index (χ4n) is 4.57. The van der Waals surface area contributed by atoms with E-state index in [1.807, 2.05) is 6.07 Å². The van der Waals surface area contributed by atoms with E-state index >= 15 is 0 Å². The number of rotatable bonds is 5. The maximum Gasteiger partial charge on any atom is 0.0940 e. The smallest absolute Gasteiger partial charge is 0.0876 e. The van der Waals surface area contributed by atoms with Gasteiger partial charge in [0, 0.05) is 16.0 Å². The van der Waals surface area contributed by atoms with E-state index in [1.165, 1.54) is 44.5 Å². The average Bonchev–Trinajstić information content (AvgIpc) is 2.66. The quantitative estimate of drug-likeness (QED) is 0.200. The van der Waals surface area contributed by atoms with Gasteiger partial charge in [0.15, 0.2) is 0 Å². The first-order chi connectivity index (χ1) is 13.3. The summed E-state index contributed by atoms with van der Waals surface area (Å²) in [6.07, 6.45) is 0. The monoisotopic (exact) mass is 494 g/mol. The topological polar surface area (TPSA) is 0 Å². The van der Waals surface area contributed by atoms with Crippen molar-refractivity contribution in [2.24, 2.45) is 0 Å². The maximum atomic E-state index is 7.47. The summed E-state index contributed by atoms with van der Waals surface area (Å²) in [6.45, 7) is 8.64. The van der Waals surface area contributed by atoms with Crippen LogP contribution in [0.15, 0.2) is 54.6 Å². The summed E-state index contributed by atoms with van der Waals surface area (Å²) in [4.78, 5) is 0. The molecule has 0 atom stereocenters. The standard InChI is InChI=1S/C25H25BBr2/c1-16-10-18(3)23(20(12-16)14-27)25(26,22-8-6-5-7-9-22)24-19(4)11-17(2)13-21(24)15-28/h5-13H,14-15H2,1-4H3. The summed E-state index contributed by atoms with van der Waals surface area (Å²) in [5.74, 6) is 0. The van der Waals surface area contributed by atoms with E-state index in [0.29, 0.717) is 0 Å². The van der Waals surface area contributed by atoms with E-state index in [-0.39, 0.29) is 0 Å². The van der Waals surface area contributed by atoms with Crippen molar-refractivity contribution in [2.45, 2.75) is 43.7 Å². The number of aryl methyl sites for hydroxylation is 4. The highest BCUT2D eigenvalue weighted by molar-refractivity contribution is 9.08. The average molecular weight is 496 g/mol. The molecule has 0 saturated heterocycles. The van der Waals surface area contributed by atoms with Crippen LogP contribution in [0.2, 0.25) is 0 Å². The lowest BCUT2D eigenvalue weighted by Crippen LogP contribution is -2.34. The molecule has 0 nitrogen and oxygen atoms in total. The van der Waals surface area contributed by atoms with Gasteiger partial charge in [-0.3, -0.25) is 0 Å². The van der Waals surface area contributed by atoms with Crippen molar-refractivity contribution in [1.29, 1.82) is 0 Å².